The number of halogens is 1. The molecule has 1 aromatic rings. The van der Waals surface area contributed by atoms with Gasteiger partial charge in [0.15, 0.2) is 0 Å². The normalized spacial score (nSPS) is 10.5. The fourth-order valence-electron chi connectivity index (χ4n) is 1.23. The molecular weight excluding hydrogens is 284 g/mol. The molecule has 17 heavy (non-hydrogen) atoms. The van der Waals surface area contributed by atoms with Crippen LogP contribution in [0.3, 0.4) is 0 Å². The number of nitrogens with zero attached hydrogens (tertiary/aromatic N) is 1. The number of ether oxygens (including phenoxy) is 1. The van der Waals surface area contributed by atoms with Crippen LogP contribution in [0.25, 0.3) is 0 Å². The second kappa shape index (κ2) is 5.19. The van der Waals surface area contributed by atoms with Crippen LogP contribution in [0.2, 0.25) is 0 Å². The van der Waals surface area contributed by atoms with E-state index in [1.807, 2.05) is 6.07 Å². The Balaban J connectivity index is 3.02. The van der Waals surface area contributed by atoms with Crippen molar-refractivity contribution < 1.29 is 9.53 Å². The van der Waals surface area contributed by atoms with Crippen LogP contribution in [0.1, 0.15) is 24.2 Å². The molecule has 0 atom stereocenters. The number of nitriles is 1. The average Bonchev–Trinajstić information content (AvgIpc) is 2.28. The first-order valence-electron chi connectivity index (χ1n) is 4.97. The van der Waals surface area contributed by atoms with E-state index in [1.54, 1.807) is 32.0 Å². The van der Waals surface area contributed by atoms with Gasteiger partial charge in [0.1, 0.15) is 11.3 Å². The number of rotatable bonds is 3. The van der Waals surface area contributed by atoms with E-state index >= 15 is 0 Å². The van der Waals surface area contributed by atoms with Crippen molar-refractivity contribution in [2.24, 2.45) is 0 Å². The number of amides is 1. The summed E-state index contributed by atoms with van der Waals surface area (Å²) in [5, 5.41) is 11.5. The number of hydrogen-bond donors (Lipinski definition) is 1. The Labute approximate surface area is 109 Å². The van der Waals surface area contributed by atoms with Crippen molar-refractivity contribution in [3.8, 4) is 11.8 Å². The van der Waals surface area contributed by atoms with E-state index in [4.69, 9.17) is 10.00 Å². The van der Waals surface area contributed by atoms with Gasteiger partial charge in [0.2, 0.25) is 0 Å². The fourth-order valence-corrected chi connectivity index (χ4v) is 1.57. The summed E-state index contributed by atoms with van der Waals surface area (Å²) in [6, 6.07) is 7.10. The van der Waals surface area contributed by atoms with Crippen LogP contribution < -0.4 is 10.1 Å². The molecule has 0 aliphatic heterocycles. The Morgan fingerprint density at radius 2 is 2.18 bits per heavy atom. The highest BCUT2D eigenvalue weighted by atomic mass is 79.9. The number of carbonyl (C=O) groups excluding carboxylic acids is 1. The Hall–Kier alpha value is -1.54. The van der Waals surface area contributed by atoms with E-state index in [0.29, 0.717) is 11.3 Å². The molecule has 1 rings (SSSR count). The van der Waals surface area contributed by atoms with Gasteiger partial charge < -0.3 is 10.1 Å². The standard InChI is InChI=1S/C12H13BrN2O2/c1-12(2,7-14)15-11(16)9-5-4-8(13)6-10(9)17-3/h4-6H,1-3H3,(H,15,16). The van der Waals surface area contributed by atoms with Crippen molar-refractivity contribution in [2.75, 3.05) is 7.11 Å². The van der Waals surface area contributed by atoms with E-state index in [-0.39, 0.29) is 5.91 Å². The molecule has 0 saturated heterocycles. The largest absolute Gasteiger partial charge is 0.496 e. The van der Waals surface area contributed by atoms with E-state index < -0.39 is 5.54 Å². The van der Waals surface area contributed by atoms with Crippen LogP contribution in [-0.4, -0.2) is 18.6 Å². The Morgan fingerprint density at radius 3 is 2.71 bits per heavy atom. The van der Waals surface area contributed by atoms with Crippen LogP contribution in [0, 0.1) is 11.3 Å². The molecule has 0 radical (unpaired) electrons. The third-order valence-corrected chi connectivity index (χ3v) is 2.61. The van der Waals surface area contributed by atoms with Crippen molar-refractivity contribution in [2.45, 2.75) is 19.4 Å². The van der Waals surface area contributed by atoms with Gasteiger partial charge in [-0.1, -0.05) is 15.9 Å². The summed E-state index contributed by atoms with van der Waals surface area (Å²) in [5.74, 6) is 0.131. The van der Waals surface area contributed by atoms with Gasteiger partial charge in [-0.3, -0.25) is 4.79 Å². The smallest absolute Gasteiger partial charge is 0.256 e. The van der Waals surface area contributed by atoms with Gasteiger partial charge in [-0.15, -0.1) is 0 Å². The van der Waals surface area contributed by atoms with Gasteiger partial charge in [-0.2, -0.15) is 5.26 Å². The molecule has 0 aromatic heterocycles. The van der Waals surface area contributed by atoms with E-state index in [9.17, 15) is 4.79 Å². The van der Waals surface area contributed by atoms with E-state index in [0.717, 1.165) is 4.47 Å². The molecule has 0 fully saturated rings. The van der Waals surface area contributed by atoms with Crippen LogP contribution in [-0.2, 0) is 0 Å². The lowest BCUT2D eigenvalue weighted by Crippen LogP contribution is -2.42. The number of nitrogens with one attached hydrogen (secondary N) is 1. The lowest BCUT2D eigenvalue weighted by Gasteiger charge is -2.18. The maximum atomic E-state index is 12.0. The zero-order valence-corrected chi connectivity index (χ0v) is 11.5. The van der Waals surface area contributed by atoms with Crippen LogP contribution in [0.5, 0.6) is 5.75 Å². The molecule has 0 saturated carbocycles. The fraction of sp³-hybridized carbons (Fsp3) is 0.333. The highest BCUT2D eigenvalue weighted by Gasteiger charge is 2.22. The summed E-state index contributed by atoms with van der Waals surface area (Å²) in [7, 11) is 1.49. The van der Waals surface area contributed by atoms with Crippen LogP contribution in [0.4, 0.5) is 0 Å². The SMILES string of the molecule is COc1cc(Br)ccc1C(=O)NC(C)(C)C#N. The van der Waals surface area contributed by atoms with Crippen molar-refractivity contribution in [1.29, 1.82) is 5.26 Å². The summed E-state index contributed by atoms with van der Waals surface area (Å²) in [5.41, 5.74) is -0.506. The zero-order chi connectivity index (χ0) is 13.1. The molecule has 0 spiro atoms. The van der Waals surface area contributed by atoms with E-state index in [2.05, 4.69) is 21.2 Å². The molecule has 1 N–H and O–H groups in total. The maximum absolute atomic E-state index is 12.0. The topological polar surface area (TPSA) is 62.1 Å². The minimum Gasteiger partial charge on any atom is -0.496 e. The molecule has 0 unspecified atom stereocenters. The van der Waals surface area contributed by atoms with Gasteiger partial charge >= 0.3 is 0 Å². The number of carbonyl (C=O) groups is 1. The minimum atomic E-state index is -0.908. The Bertz CT molecular complexity index is 478. The molecule has 90 valence electrons. The lowest BCUT2D eigenvalue weighted by molar-refractivity contribution is 0.0926. The lowest BCUT2D eigenvalue weighted by atomic mass is 10.1. The first-order valence-corrected chi connectivity index (χ1v) is 5.76. The predicted molar refractivity (Wildman–Crippen MR) is 67.9 cm³/mol. The summed E-state index contributed by atoms with van der Waals surface area (Å²) >= 11 is 3.30. The number of benzene rings is 1. The molecule has 1 amide bonds. The van der Waals surface area contributed by atoms with Crippen LogP contribution >= 0.6 is 15.9 Å². The van der Waals surface area contributed by atoms with Crippen molar-refractivity contribution in [3.63, 3.8) is 0 Å². The number of hydrogen-bond acceptors (Lipinski definition) is 3. The van der Waals surface area contributed by atoms with Gasteiger partial charge in [-0.25, -0.2) is 0 Å². The molecule has 0 heterocycles. The van der Waals surface area contributed by atoms with Gasteiger partial charge in [0, 0.05) is 4.47 Å². The Morgan fingerprint density at radius 1 is 1.53 bits per heavy atom. The number of methoxy groups -OCH3 is 1. The second-order valence-corrected chi connectivity index (χ2v) is 4.95. The van der Waals surface area contributed by atoms with Gasteiger partial charge in [0.05, 0.1) is 18.7 Å². The summed E-state index contributed by atoms with van der Waals surface area (Å²) in [6.45, 7) is 3.27. The molecule has 1 aromatic carbocycles. The van der Waals surface area contributed by atoms with Crippen molar-refractivity contribution >= 4 is 21.8 Å². The summed E-state index contributed by atoms with van der Waals surface area (Å²) < 4.78 is 5.95. The van der Waals surface area contributed by atoms with Gasteiger partial charge in [-0.05, 0) is 32.0 Å². The van der Waals surface area contributed by atoms with E-state index in [1.165, 1.54) is 7.11 Å². The van der Waals surface area contributed by atoms with Crippen molar-refractivity contribution in [3.05, 3.63) is 28.2 Å². The molecule has 0 aliphatic rings. The maximum Gasteiger partial charge on any atom is 0.256 e. The summed E-state index contributed by atoms with van der Waals surface area (Å²) in [4.78, 5) is 12.0. The monoisotopic (exact) mass is 296 g/mol. The zero-order valence-electron chi connectivity index (χ0n) is 9.87. The summed E-state index contributed by atoms with van der Waals surface area (Å²) in [6.07, 6.45) is 0. The van der Waals surface area contributed by atoms with Gasteiger partial charge in [0.25, 0.3) is 5.91 Å². The quantitative estimate of drug-likeness (QED) is 0.932. The molecule has 0 aliphatic carbocycles. The predicted octanol–water partition coefficient (Wildman–Crippen LogP) is 2.49. The molecule has 0 bridgehead atoms. The molecular formula is C12H13BrN2O2. The Kier molecular flexibility index (Phi) is 4.13. The van der Waals surface area contributed by atoms with Crippen LogP contribution in [0.15, 0.2) is 22.7 Å². The first kappa shape index (κ1) is 13.5. The highest BCUT2D eigenvalue weighted by molar-refractivity contribution is 9.10. The molecule has 5 heteroatoms. The second-order valence-electron chi connectivity index (χ2n) is 4.04. The minimum absolute atomic E-state index is 0.332. The first-order chi connectivity index (χ1) is 7.89. The third-order valence-electron chi connectivity index (χ3n) is 2.11. The average molecular weight is 297 g/mol. The molecule has 4 nitrogen and oxygen atoms in total. The highest BCUT2D eigenvalue weighted by Crippen LogP contribution is 2.23. The van der Waals surface area contributed by atoms with Crippen molar-refractivity contribution in [1.82, 2.24) is 5.32 Å². The third kappa shape index (κ3) is 3.46.